The number of hydrogen-bond donors (Lipinski definition) is 1. The SMILES string of the molecule is Cc1cc(Br)cn(Cc2nc3ccc(N)cc3o2)c1=O. The van der Waals surface area contributed by atoms with Crippen LogP contribution < -0.4 is 11.3 Å². The molecule has 2 heterocycles. The van der Waals surface area contributed by atoms with Crippen molar-refractivity contribution in [3.05, 3.63) is 56.7 Å². The summed E-state index contributed by atoms with van der Waals surface area (Å²) in [6.45, 7) is 2.06. The molecule has 2 N–H and O–H groups in total. The van der Waals surface area contributed by atoms with E-state index in [2.05, 4.69) is 20.9 Å². The first-order chi connectivity index (χ1) is 9.52. The van der Waals surface area contributed by atoms with Crippen molar-refractivity contribution in [2.24, 2.45) is 0 Å². The van der Waals surface area contributed by atoms with E-state index in [4.69, 9.17) is 10.2 Å². The van der Waals surface area contributed by atoms with Crippen molar-refractivity contribution in [3.63, 3.8) is 0 Å². The second-order valence-electron chi connectivity index (χ2n) is 4.61. The van der Waals surface area contributed by atoms with Crippen molar-refractivity contribution in [1.29, 1.82) is 0 Å². The maximum Gasteiger partial charge on any atom is 0.253 e. The molecule has 0 unspecified atom stereocenters. The van der Waals surface area contributed by atoms with E-state index in [0.717, 1.165) is 9.99 Å². The van der Waals surface area contributed by atoms with Crippen LogP contribution in [0.5, 0.6) is 0 Å². The van der Waals surface area contributed by atoms with Gasteiger partial charge in [-0.25, -0.2) is 4.98 Å². The van der Waals surface area contributed by atoms with Crippen LogP contribution in [0.4, 0.5) is 5.69 Å². The summed E-state index contributed by atoms with van der Waals surface area (Å²) in [6.07, 6.45) is 1.72. The molecule has 0 aliphatic heterocycles. The summed E-state index contributed by atoms with van der Waals surface area (Å²) in [6, 6.07) is 7.07. The van der Waals surface area contributed by atoms with Gasteiger partial charge in [0.25, 0.3) is 5.56 Å². The zero-order chi connectivity index (χ0) is 14.3. The lowest BCUT2D eigenvalue weighted by Crippen LogP contribution is -2.22. The first kappa shape index (κ1) is 12.9. The van der Waals surface area contributed by atoms with Gasteiger partial charge in [0.2, 0.25) is 5.89 Å². The number of aromatic nitrogens is 2. The van der Waals surface area contributed by atoms with Gasteiger partial charge in [0.15, 0.2) is 5.58 Å². The highest BCUT2D eigenvalue weighted by atomic mass is 79.9. The predicted molar refractivity (Wildman–Crippen MR) is 80.7 cm³/mol. The smallest absolute Gasteiger partial charge is 0.253 e. The number of benzene rings is 1. The number of hydrogen-bond acceptors (Lipinski definition) is 4. The highest BCUT2D eigenvalue weighted by molar-refractivity contribution is 9.10. The van der Waals surface area contributed by atoms with E-state index >= 15 is 0 Å². The fourth-order valence-corrected chi connectivity index (χ4v) is 2.65. The summed E-state index contributed by atoms with van der Waals surface area (Å²) >= 11 is 3.38. The molecular weight excluding hydrogens is 322 g/mol. The number of rotatable bonds is 2. The molecule has 0 amide bonds. The Hall–Kier alpha value is -2.08. The molecule has 0 spiro atoms. The molecule has 2 aromatic heterocycles. The molecule has 6 heteroatoms. The molecule has 1 aromatic carbocycles. The molecule has 3 aromatic rings. The van der Waals surface area contributed by atoms with Crippen LogP contribution in [0.3, 0.4) is 0 Å². The minimum atomic E-state index is -0.0602. The van der Waals surface area contributed by atoms with Crippen molar-refractivity contribution in [3.8, 4) is 0 Å². The van der Waals surface area contributed by atoms with Crippen LogP contribution in [0.25, 0.3) is 11.1 Å². The van der Waals surface area contributed by atoms with Gasteiger partial charge in [-0.15, -0.1) is 0 Å². The minimum Gasteiger partial charge on any atom is -0.439 e. The van der Waals surface area contributed by atoms with E-state index in [1.165, 1.54) is 0 Å². The van der Waals surface area contributed by atoms with Gasteiger partial charge in [0, 0.05) is 28.0 Å². The van der Waals surface area contributed by atoms with Crippen LogP contribution in [0.15, 0.2) is 44.1 Å². The molecule has 0 fully saturated rings. The van der Waals surface area contributed by atoms with Gasteiger partial charge in [-0.05, 0) is 41.1 Å². The summed E-state index contributed by atoms with van der Waals surface area (Å²) in [4.78, 5) is 16.4. The van der Waals surface area contributed by atoms with Crippen LogP contribution in [-0.2, 0) is 6.54 Å². The Kier molecular flexibility index (Phi) is 3.10. The number of pyridine rings is 1. The van der Waals surface area contributed by atoms with Gasteiger partial charge in [0.05, 0.1) is 0 Å². The van der Waals surface area contributed by atoms with Crippen molar-refractivity contribution in [2.75, 3.05) is 5.73 Å². The largest absolute Gasteiger partial charge is 0.439 e. The average molecular weight is 334 g/mol. The van der Waals surface area contributed by atoms with Crippen molar-refractivity contribution in [1.82, 2.24) is 9.55 Å². The fourth-order valence-electron chi connectivity index (χ4n) is 2.06. The number of nitrogen functional groups attached to an aromatic ring is 1. The van der Waals surface area contributed by atoms with Crippen LogP contribution in [0.2, 0.25) is 0 Å². The van der Waals surface area contributed by atoms with Gasteiger partial charge >= 0.3 is 0 Å². The van der Waals surface area contributed by atoms with Gasteiger partial charge in [-0.2, -0.15) is 0 Å². The first-order valence-corrected chi connectivity index (χ1v) is 6.84. The Labute approximate surface area is 123 Å². The Balaban J connectivity index is 2.03. The maximum absolute atomic E-state index is 12.0. The number of oxazole rings is 1. The minimum absolute atomic E-state index is 0.0602. The maximum atomic E-state index is 12.0. The van der Waals surface area contributed by atoms with E-state index in [-0.39, 0.29) is 12.1 Å². The van der Waals surface area contributed by atoms with Crippen molar-refractivity contribution in [2.45, 2.75) is 13.5 Å². The molecule has 0 saturated carbocycles. The van der Waals surface area contributed by atoms with E-state index in [1.807, 2.05) is 0 Å². The molecule has 0 aliphatic carbocycles. The fraction of sp³-hybridized carbons (Fsp3) is 0.143. The van der Waals surface area contributed by atoms with Crippen molar-refractivity contribution < 1.29 is 4.42 Å². The van der Waals surface area contributed by atoms with E-state index in [9.17, 15) is 4.79 Å². The monoisotopic (exact) mass is 333 g/mol. The lowest BCUT2D eigenvalue weighted by molar-refractivity contribution is 0.503. The van der Waals surface area contributed by atoms with Gasteiger partial charge in [-0.3, -0.25) is 4.79 Å². The molecule has 0 atom stereocenters. The van der Waals surface area contributed by atoms with E-state index < -0.39 is 0 Å². The molecule has 102 valence electrons. The topological polar surface area (TPSA) is 74.1 Å². The number of fused-ring (bicyclic) bond motifs is 1. The molecule has 0 radical (unpaired) electrons. The molecule has 5 nitrogen and oxygen atoms in total. The molecule has 20 heavy (non-hydrogen) atoms. The normalized spacial score (nSPS) is 11.1. The van der Waals surface area contributed by atoms with Gasteiger partial charge < -0.3 is 14.7 Å². The summed E-state index contributed by atoms with van der Waals surface area (Å²) in [7, 11) is 0. The first-order valence-electron chi connectivity index (χ1n) is 6.04. The lowest BCUT2D eigenvalue weighted by Gasteiger charge is -2.04. The third-order valence-electron chi connectivity index (χ3n) is 2.99. The highest BCUT2D eigenvalue weighted by Gasteiger charge is 2.09. The summed E-state index contributed by atoms with van der Waals surface area (Å²) in [5.41, 5.74) is 8.28. The van der Waals surface area contributed by atoms with Crippen molar-refractivity contribution >= 4 is 32.7 Å². The number of nitrogens with zero attached hydrogens (tertiary/aromatic N) is 2. The predicted octanol–water partition coefficient (Wildman–Crippen LogP) is 2.69. The number of anilines is 1. The molecule has 0 saturated heterocycles. The quantitative estimate of drug-likeness (QED) is 0.731. The molecule has 0 bridgehead atoms. The number of aryl methyl sites for hydroxylation is 1. The lowest BCUT2D eigenvalue weighted by atomic mass is 10.3. The Morgan fingerprint density at radius 1 is 1.40 bits per heavy atom. The van der Waals surface area contributed by atoms with Gasteiger partial charge in [0.1, 0.15) is 12.1 Å². The van der Waals surface area contributed by atoms with Gasteiger partial charge in [-0.1, -0.05) is 0 Å². The molecule has 3 rings (SSSR count). The Morgan fingerprint density at radius 3 is 3.00 bits per heavy atom. The standard InChI is InChI=1S/C14H12BrN3O2/c1-8-4-9(15)6-18(14(8)19)7-13-17-11-3-2-10(16)5-12(11)20-13/h2-6H,7,16H2,1H3. The zero-order valence-corrected chi connectivity index (χ0v) is 12.3. The van der Waals surface area contributed by atoms with Crippen LogP contribution >= 0.6 is 15.9 Å². The third kappa shape index (κ3) is 2.34. The van der Waals surface area contributed by atoms with E-state index in [0.29, 0.717) is 22.7 Å². The molecule has 0 aliphatic rings. The highest BCUT2D eigenvalue weighted by Crippen LogP contribution is 2.19. The average Bonchev–Trinajstić information content (AvgIpc) is 2.76. The number of halogens is 1. The Bertz CT molecular complexity index is 851. The summed E-state index contributed by atoms with van der Waals surface area (Å²) in [5, 5.41) is 0. The zero-order valence-electron chi connectivity index (χ0n) is 10.8. The molecular formula is C14H12BrN3O2. The Morgan fingerprint density at radius 2 is 2.20 bits per heavy atom. The second kappa shape index (κ2) is 4.79. The number of nitrogens with two attached hydrogens (primary N) is 1. The summed E-state index contributed by atoms with van der Waals surface area (Å²) in [5.74, 6) is 0.477. The third-order valence-corrected chi connectivity index (χ3v) is 3.43. The second-order valence-corrected chi connectivity index (χ2v) is 5.52. The van der Waals surface area contributed by atoms with Crippen LogP contribution in [-0.4, -0.2) is 9.55 Å². The van der Waals surface area contributed by atoms with Crippen LogP contribution in [0, 0.1) is 6.92 Å². The van der Waals surface area contributed by atoms with E-state index in [1.54, 1.807) is 42.0 Å². The summed E-state index contributed by atoms with van der Waals surface area (Å²) < 4.78 is 8.03. The van der Waals surface area contributed by atoms with Crippen LogP contribution in [0.1, 0.15) is 11.5 Å².